The average Bonchev–Trinajstić information content (AvgIpc) is 2.72. The molecule has 0 radical (unpaired) electrons. The molecular formula is C14H28O5. The third kappa shape index (κ3) is 5.36. The van der Waals surface area contributed by atoms with Crippen molar-refractivity contribution in [3.63, 3.8) is 0 Å². The summed E-state index contributed by atoms with van der Waals surface area (Å²) in [5.41, 5.74) is 0. The van der Waals surface area contributed by atoms with E-state index in [9.17, 15) is 5.11 Å². The molecule has 0 amide bonds. The molecule has 0 saturated carbocycles. The molecule has 0 aromatic heterocycles. The second-order valence-corrected chi connectivity index (χ2v) is 4.89. The van der Waals surface area contributed by atoms with Crippen LogP contribution in [0.5, 0.6) is 0 Å². The quantitative estimate of drug-likeness (QED) is 0.616. The molecule has 0 unspecified atom stereocenters. The molecule has 1 fully saturated rings. The lowest BCUT2D eigenvalue weighted by atomic mass is 10.1. The Morgan fingerprint density at radius 3 is 2.42 bits per heavy atom. The van der Waals surface area contributed by atoms with E-state index in [2.05, 4.69) is 13.8 Å². The van der Waals surface area contributed by atoms with E-state index in [1.165, 1.54) is 7.11 Å². The van der Waals surface area contributed by atoms with E-state index in [0.717, 1.165) is 25.7 Å². The molecule has 1 heterocycles. The molecule has 1 aliphatic rings. The van der Waals surface area contributed by atoms with Crippen LogP contribution >= 0.6 is 0 Å². The van der Waals surface area contributed by atoms with Crippen molar-refractivity contribution < 1.29 is 24.1 Å². The number of aliphatic hydroxyl groups excluding tert-OH is 1. The summed E-state index contributed by atoms with van der Waals surface area (Å²) in [5, 5.41) is 10.1. The van der Waals surface area contributed by atoms with Crippen molar-refractivity contribution in [1.29, 1.82) is 0 Å². The third-order valence-electron chi connectivity index (χ3n) is 3.26. The van der Waals surface area contributed by atoms with E-state index < -0.39 is 12.4 Å². The van der Waals surface area contributed by atoms with Gasteiger partial charge in [0.25, 0.3) is 0 Å². The molecule has 0 bridgehead atoms. The number of hydrogen-bond donors (Lipinski definition) is 1. The maximum absolute atomic E-state index is 10.1. The average molecular weight is 276 g/mol. The first-order valence-electron chi connectivity index (χ1n) is 7.30. The molecule has 114 valence electrons. The highest BCUT2D eigenvalue weighted by Crippen LogP contribution is 2.25. The van der Waals surface area contributed by atoms with Crippen molar-refractivity contribution >= 4 is 0 Å². The monoisotopic (exact) mass is 276 g/mol. The van der Waals surface area contributed by atoms with E-state index in [1.54, 1.807) is 0 Å². The molecule has 1 saturated heterocycles. The Morgan fingerprint density at radius 1 is 1.11 bits per heavy atom. The van der Waals surface area contributed by atoms with Gasteiger partial charge in [-0.2, -0.15) is 0 Å². The van der Waals surface area contributed by atoms with Crippen LogP contribution in [-0.4, -0.2) is 56.6 Å². The maximum Gasteiger partial charge on any atom is 0.186 e. The van der Waals surface area contributed by atoms with E-state index in [-0.39, 0.29) is 12.2 Å². The summed E-state index contributed by atoms with van der Waals surface area (Å²) in [5.74, 6) is 0. The fraction of sp³-hybridized carbons (Fsp3) is 1.00. The van der Waals surface area contributed by atoms with Gasteiger partial charge in [0, 0.05) is 20.3 Å². The molecule has 0 aliphatic carbocycles. The molecule has 19 heavy (non-hydrogen) atoms. The van der Waals surface area contributed by atoms with Gasteiger partial charge < -0.3 is 24.1 Å². The van der Waals surface area contributed by atoms with Gasteiger partial charge in [-0.1, -0.05) is 26.7 Å². The Kier molecular flexibility index (Phi) is 8.57. The largest absolute Gasteiger partial charge is 0.385 e. The first kappa shape index (κ1) is 16.9. The summed E-state index contributed by atoms with van der Waals surface area (Å²) < 4.78 is 22.0. The van der Waals surface area contributed by atoms with E-state index in [4.69, 9.17) is 18.9 Å². The molecule has 5 nitrogen and oxygen atoms in total. The highest BCUT2D eigenvalue weighted by molar-refractivity contribution is 4.88. The minimum Gasteiger partial charge on any atom is -0.385 e. The van der Waals surface area contributed by atoms with Gasteiger partial charge in [0.05, 0.1) is 6.61 Å². The number of ether oxygens (including phenoxy) is 4. The topological polar surface area (TPSA) is 57.2 Å². The highest BCUT2D eigenvalue weighted by Gasteiger charge is 2.44. The first-order valence-corrected chi connectivity index (χ1v) is 7.30. The Balaban J connectivity index is 2.40. The Hall–Kier alpha value is -0.200. The Labute approximate surface area is 116 Å². The van der Waals surface area contributed by atoms with Crippen molar-refractivity contribution in [2.75, 3.05) is 26.9 Å². The smallest absolute Gasteiger partial charge is 0.186 e. The Bertz CT molecular complexity index is 224. The summed E-state index contributed by atoms with van der Waals surface area (Å²) in [4.78, 5) is 0. The predicted octanol–water partition coefficient (Wildman–Crippen LogP) is 1.72. The van der Waals surface area contributed by atoms with Crippen molar-refractivity contribution in [3.05, 3.63) is 0 Å². The zero-order chi connectivity index (χ0) is 14.1. The van der Waals surface area contributed by atoms with E-state index in [0.29, 0.717) is 19.8 Å². The van der Waals surface area contributed by atoms with Gasteiger partial charge in [-0.05, 0) is 12.8 Å². The van der Waals surface area contributed by atoms with Gasteiger partial charge in [-0.3, -0.25) is 0 Å². The number of unbranched alkanes of at least 4 members (excludes halogenated alkanes) is 2. The van der Waals surface area contributed by atoms with Crippen molar-refractivity contribution in [3.8, 4) is 0 Å². The second kappa shape index (κ2) is 9.66. The zero-order valence-electron chi connectivity index (χ0n) is 12.3. The Morgan fingerprint density at radius 2 is 1.79 bits per heavy atom. The fourth-order valence-corrected chi connectivity index (χ4v) is 2.05. The number of methoxy groups -OCH3 is 1. The number of rotatable bonds is 10. The number of hydrogen-bond acceptors (Lipinski definition) is 5. The van der Waals surface area contributed by atoms with Gasteiger partial charge in [0.1, 0.15) is 18.3 Å². The van der Waals surface area contributed by atoms with E-state index in [1.807, 2.05) is 0 Å². The fourth-order valence-electron chi connectivity index (χ4n) is 2.05. The van der Waals surface area contributed by atoms with Crippen molar-refractivity contribution in [2.24, 2.45) is 0 Å². The molecule has 1 rings (SSSR count). The molecule has 0 spiro atoms. The van der Waals surface area contributed by atoms with Gasteiger partial charge in [0.2, 0.25) is 0 Å². The summed E-state index contributed by atoms with van der Waals surface area (Å²) in [6.07, 6.45) is 2.19. The van der Waals surface area contributed by atoms with Crippen LogP contribution in [0.2, 0.25) is 0 Å². The van der Waals surface area contributed by atoms with Gasteiger partial charge in [-0.25, -0.2) is 0 Å². The predicted molar refractivity (Wildman–Crippen MR) is 72.1 cm³/mol. The normalized spacial score (nSPS) is 30.9. The lowest BCUT2D eigenvalue weighted by Gasteiger charge is -2.20. The summed E-state index contributed by atoms with van der Waals surface area (Å²) in [6.45, 7) is 6.01. The molecule has 4 atom stereocenters. The van der Waals surface area contributed by atoms with Crippen LogP contribution in [0.15, 0.2) is 0 Å². The lowest BCUT2D eigenvalue weighted by Crippen LogP contribution is -2.37. The van der Waals surface area contributed by atoms with Gasteiger partial charge in [0.15, 0.2) is 6.29 Å². The standard InChI is InChI=1S/C14H28O5/c1-4-6-8-17-10-11-13(18-9-7-5-2)12(15)14(16-3)19-11/h11-15H,4-10H2,1-3H3/t11-,12-,13-,14+/m1/s1. The molecular weight excluding hydrogens is 248 g/mol. The molecule has 1 aliphatic heterocycles. The second-order valence-electron chi connectivity index (χ2n) is 4.89. The van der Waals surface area contributed by atoms with Crippen molar-refractivity contribution in [1.82, 2.24) is 0 Å². The van der Waals surface area contributed by atoms with Crippen LogP contribution in [0, 0.1) is 0 Å². The molecule has 0 aromatic carbocycles. The zero-order valence-corrected chi connectivity index (χ0v) is 12.3. The summed E-state index contributed by atoms with van der Waals surface area (Å²) in [7, 11) is 1.53. The minimum atomic E-state index is -0.748. The maximum atomic E-state index is 10.1. The molecule has 1 N–H and O–H groups in total. The first-order chi connectivity index (χ1) is 9.24. The van der Waals surface area contributed by atoms with E-state index >= 15 is 0 Å². The van der Waals surface area contributed by atoms with Crippen LogP contribution in [0.25, 0.3) is 0 Å². The minimum absolute atomic E-state index is 0.256. The summed E-state index contributed by atoms with van der Waals surface area (Å²) in [6, 6.07) is 0. The lowest BCUT2D eigenvalue weighted by molar-refractivity contribution is -0.156. The van der Waals surface area contributed by atoms with Crippen LogP contribution in [0.1, 0.15) is 39.5 Å². The molecule has 0 aromatic rings. The highest BCUT2D eigenvalue weighted by atomic mass is 16.7. The van der Waals surface area contributed by atoms with Gasteiger partial charge in [-0.15, -0.1) is 0 Å². The molecule has 5 heteroatoms. The van der Waals surface area contributed by atoms with Crippen LogP contribution in [0.3, 0.4) is 0 Å². The summed E-state index contributed by atoms with van der Waals surface area (Å²) >= 11 is 0. The van der Waals surface area contributed by atoms with Crippen LogP contribution in [-0.2, 0) is 18.9 Å². The third-order valence-corrected chi connectivity index (χ3v) is 3.26. The van der Waals surface area contributed by atoms with Gasteiger partial charge >= 0.3 is 0 Å². The van der Waals surface area contributed by atoms with Crippen LogP contribution in [0.4, 0.5) is 0 Å². The van der Waals surface area contributed by atoms with Crippen molar-refractivity contribution in [2.45, 2.75) is 64.1 Å². The SMILES string of the molecule is CCCCOC[C@H]1O[C@H](OC)[C@H](O)[C@@H]1OCCCC. The van der Waals surface area contributed by atoms with Crippen LogP contribution < -0.4 is 0 Å². The number of aliphatic hydroxyl groups is 1.